The zero-order valence-electron chi connectivity index (χ0n) is 14.5. The van der Waals surface area contributed by atoms with Gasteiger partial charge in [-0.15, -0.1) is 11.3 Å². The van der Waals surface area contributed by atoms with E-state index in [1.807, 2.05) is 11.8 Å². The van der Waals surface area contributed by atoms with Crippen LogP contribution in [-0.4, -0.2) is 44.1 Å². The van der Waals surface area contributed by atoms with Crippen LogP contribution in [0.3, 0.4) is 0 Å². The Hall–Kier alpha value is -2.48. The molecule has 0 aromatic carbocycles. The Balaban J connectivity index is 1.44. The van der Waals surface area contributed by atoms with Gasteiger partial charge in [-0.05, 0) is 37.3 Å². The number of thiophene rings is 1. The predicted molar refractivity (Wildman–Crippen MR) is 98.9 cm³/mol. The van der Waals surface area contributed by atoms with Crippen molar-refractivity contribution >= 4 is 27.5 Å². The number of carbonyl (C=O) groups excluding carboxylic acids is 1. The highest BCUT2D eigenvalue weighted by Crippen LogP contribution is 2.41. The number of hydrogen-bond donors (Lipinski definition) is 2. The van der Waals surface area contributed by atoms with Gasteiger partial charge in [0.05, 0.1) is 22.3 Å². The molecule has 5 rings (SSSR count). The molecule has 1 aliphatic heterocycles. The van der Waals surface area contributed by atoms with Crippen LogP contribution in [-0.2, 0) is 12.8 Å². The number of amides is 1. The lowest BCUT2D eigenvalue weighted by Gasteiger charge is -2.20. The van der Waals surface area contributed by atoms with Crippen molar-refractivity contribution in [1.82, 2.24) is 25.1 Å². The van der Waals surface area contributed by atoms with Crippen molar-refractivity contribution in [2.75, 3.05) is 13.1 Å². The number of H-pyrrole nitrogens is 2. The van der Waals surface area contributed by atoms with Crippen molar-refractivity contribution in [3.8, 4) is 0 Å². The van der Waals surface area contributed by atoms with Crippen molar-refractivity contribution in [1.29, 1.82) is 0 Å². The van der Waals surface area contributed by atoms with Gasteiger partial charge in [0.1, 0.15) is 4.83 Å². The number of carbonyl (C=O) groups is 1. The molecule has 0 bridgehead atoms. The minimum Gasteiger partial charge on any atom is -0.337 e. The number of nitrogens with zero attached hydrogens (tertiary/aromatic N) is 3. The lowest BCUT2D eigenvalue weighted by Crippen LogP contribution is -2.33. The first-order valence-corrected chi connectivity index (χ1v) is 9.77. The molecular weight excluding hydrogens is 350 g/mol. The Morgan fingerprint density at radius 2 is 2.12 bits per heavy atom. The van der Waals surface area contributed by atoms with Crippen LogP contribution in [0, 0.1) is 6.92 Å². The van der Waals surface area contributed by atoms with Crippen molar-refractivity contribution in [2.45, 2.75) is 38.5 Å². The predicted octanol–water partition coefficient (Wildman–Crippen LogP) is 2.13. The highest BCUT2D eigenvalue weighted by molar-refractivity contribution is 7.20. The van der Waals surface area contributed by atoms with Crippen molar-refractivity contribution in [2.24, 2.45) is 0 Å². The van der Waals surface area contributed by atoms with Gasteiger partial charge in [0.15, 0.2) is 0 Å². The molecule has 0 unspecified atom stereocenters. The minimum atomic E-state index is -0.186. The third-order valence-electron chi connectivity index (χ3n) is 5.43. The first-order valence-electron chi connectivity index (χ1n) is 8.95. The lowest BCUT2D eigenvalue weighted by molar-refractivity contribution is 0.0767. The van der Waals surface area contributed by atoms with E-state index in [0.717, 1.165) is 18.4 Å². The summed E-state index contributed by atoms with van der Waals surface area (Å²) in [6, 6.07) is 0. The summed E-state index contributed by atoms with van der Waals surface area (Å²) >= 11 is 1.31. The van der Waals surface area contributed by atoms with Crippen LogP contribution in [0.25, 0.3) is 10.2 Å². The second-order valence-corrected chi connectivity index (χ2v) is 8.10. The maximum absolute atomic E-state index is 13.1. The fourth-order valence-electron chi connectivity index (χ4n) is 3.83. The monoisotopic (exact) mass is 369 g/mol. The van der Waals surface area contributed by atoms with Crippen LogP contribution in [0.4, 0.5) is 0 Å². The number of aromatic nitrogens is 4. The highest BCUT2D eigenvalue weighted by Gasteiger charge is 2.32. The molecule has 2 N–H and O–H groups in total. The Morgan fingerprint density at radius 3 is 2.88 bits per heavy atom. The van der Waals surface area contributed by atoms with E-state index >= 15 is 0 Å². The lowest BCUT2D eigenvalue weighted by atomic mass is 10.1. The van der Waals surface area contributed by atoms with E-state index in [2.05, 4.69) is 20.2 Å². The van der Waals surface area contributed by atoms with Gasteiger partial charge < -0.3 is 9.88 Å². The molecule has 1 fully saturated rings. The molecule has 1 saturated carbocycles. The highest BCUT2D eigenvalue weighted by atomic mass is 32.1. The van der Waals surface area contributed by atoms with E-state index in [9.17, 15) is 9.59 Å². The SMILES string of the molecule is Cc1c(C(=O)N2CCc3[nH]nc(C4CC4)c3CC2)sc2nc[nH]c(=O)c12. The van der Waals surface area contributed by atoms with Crippen molar-refractivity contribution in [3.05, 3.63) is 44.1 Å². The summed E-state index contributed by atoms with van der Waals surface area (Å²) in [5.74, 6) is 0.607. The smallest absolute Gasteiger partial charge is 0.264 e. The summed E-state index contributed by atoms with van der Waals surface area (Å²) in [5.41, 5.74) is 4.24. The molecule has 7 nitrogen and oxygen atoms in total. The molecule has 26 heavy (non-hydrogen) atoms. The van der Waals surface area contributed by atoms with E-state index < -0.39 is 0 Å². The standard InChI is InChI=1S/C18H19N5O2S/c1-9-13-16(24)19-8-20-17(13)26-15(9)18(25)23-6-4-11-12(5-7-23)21-22-14(11)10-2-3-10/h8,10H,2-7H2,1H3,(H,21,22)(H,19,20,24). The Bertz CT molecular complexity index is 1080. The Morgan fingerprint density at radius 1 is 1.31 bits per heavy atom. The van der Waals surface area contributed by atoms with Crippen LogP contribution < -0.4 is 5.56 Å². The second-order valence-electron chi connectivity index (χ2n) is 7.10. The van der Waals surface area contributed by atoms with Crippen LogP contribution in [0.1, 0.15) is 50.9 Å². The van der Waals surface area contributed by atoms with Gasteiger partial charge in [0, 0.05) is 31.1 Å². The number of nitrogens with one attached hydrogen (secondary N) is 2. The third kappa shape index (κ3) is 2.39. The molecule has 0 saturated heterocycles. The molecule has 134 valence electrons. The maximum Gasteiger partial charge on any atom is 0.264 e. The van der Waals surface area contributed by atoms with E-state index in [1.54, 1.807) is 0 Å². The van der Waals surface area contributed by atoms with Gasteiger partial charge in [-0.1, -0.05) is 0 Å². The second kappa shape index (κ2) is 5.77. The summed E-state index contributed by atoms with van der Waals surface area (Å²) in [6.45, 7) is 3.18. The van der Waals surface area contributed by atoms with Crippen molar-refractivity contribution < 1.29 is 4.79 Å². The summed E-state index contributed by atoms with van der Waals surface area (Å²) in [6.07, 6.45) is 5.47. The van der Waals surface area contributed by atoms with E-state index in [4.69, 9.17) is 0 Å². The fraction of sp³-hybridized carbons (Fsp3) is 0.444. The van der Waals surface area contributed by atoms with Gasteiger partial charge in [0.2, 0.25) is 0 Å². The first-order chi connectivity index (χ1) is 12.6. The van der Waals surface area contributed by atoms with Gasteiger partial charge in [-0.2, -0.15) is 5.10 Å². The Kier molecular flexibility index (Phi) is 3.49. The third-order valence-corrected chi connectivity index (χ3v) is 6.61. The molecule has 2 aliphatic rings. The fourth-order valence-corrected chi connectivity index (χ4v) is 4.95. The molecule has 4 heterocycles. The Labute approximate surface area is 153 Å². The van der Waals surface area contributed by atoms with Crippen molar-refractivity contribution in [3.63, 3.8) is 0 Å². The average molecular weight is 369 g/mol. The average Bonchev–Trinajstić information content (AvgIpc) is 3.36. The molecular formula is C18H19N5O2S. The summed E-state index contributed by atoms with van der Waals surface area (Å²) in [4.78, 5) is 35.1. The molecule has 0 spiro atoms. The summed E-state index contributed by atoms with van der Waals surface area (Å²) in [7, 11) is 0. The molecule has 8 heteroatoms. The number of aryl methyl sites for hydroxylation is 1. The van der Waals surface area contributed by atoms with Crippen LogP contribution in [0.15, 0.2) is 11.1 Å². The number of hydrogen-bond acceptors (Lipinski definition) is 5. The number of rotatable bonds is 2. The van der Waals surface area contributed by atoms with Gasteiger partial charge in [-0.3, -0.25) is 14.7 Å². The van der Waals surface area contributed by atoms with Gasteiger partial charge in [0.25, 0.3) is 11.5 Å². The van der Waals surface area contributed by atoms with E-state index in [-0.39, 0.29) is 11.5 Å². The summed E-state index contributed by atoms with van der Waals surface area (Å²) < 4.78 is 0. The van der Waals surface area contributed by atoms with Crippen LogP contribution in [0.5, 0.6) is 0 Å². The summed E-state index contributed by atoms with van der Waals surface area (Å²) in [5, 5.41) is 8.22. The molecule has 0 atom stereocenters. The van der Waals surface area contributed by atoms with E-state index in [0.29, 0.717) is 34.1 Å². The van der Waals surface area contributed by atoms with Crippen LogP contribution in [0.2, 0.25) is 0 Å². The molecule has 3 aromatic heterocycles. The first kappa shape index (κ1) is 15.7. The molecule has 1 amide bonds. The van der Waals surface area contributed by atoms with Crippen LogP contribution >= 0.6 is 11.3 Å². The molecule has 0 radical (unpaired) electrons. The van der Waals surface area contributed by atoms with Gasteiger partial charge >= 0.3 is 0 Å². The van der Waals surface area contributed by atoms with Gasteiger partial charge in [-0.25, -0.2) is 4.98 Å². The topological polar surface area (TPSA) is 94.7 Å². The minimum absolute atomic E-state index is 0.00372. The zero-order chi connectivity index (χ0) is 17.8. The quantitative estimate of drug-likeness (QED) is 0.723. The number of fused-ring (bicyclic) bond motifs is 2. The normalized spacial score (nSPS) is 17.3. The van der Waals surface area contributed by atoms with E-state index in [1.165, 1.54) is 47.5 Å². The zero-order valence-corrected chi connectivity index (χ0v) is 15.3. The molecule has 1 aliphatic carbocycles. The largest absolute Gasteiger partial charge is 0.337 e. The number of aromatic amines is 2. The maximum atomic E-state index is 13.1. The molecule has 3 aromatic rings.